The van der Waals surface area contributed by atoms with Crippen molar-refractivity contribution in [2.24, 2.45) is 0 Å². The van der Waals surface area contributed by atoms with Gasteiger partial charge in [0.05, 0.1) is 18.9 Å². The molecule has 4 heteroatoms. The van der Waals surface area contributed by atoms with Crippen LogP contribution >= 0.6 is 0 Å². The van der Waals surface area contributed by atoms with Gasteiger partial charge in [0, 0.05) is 12.8 Å². The van der Waals surface area contributed by atoms with E-state index in [1.807, 2.05) is 32.0 Å². The third kappa shape index (κ3) is 5.49. The summed E-state index contributed by atoms with van der Waals surface area (Å²) < 4.78 is 11.8. The largest absolute Gasteiger partial charge is 0.493 e. The highest BCUT2D eigenvalue weighted by molar-refractivity contribution is 5.92. The molecule has 144 valence electrons. The van der Waals surface area contributed by atoms with Gasteiger partial charge >= 0.3 is 0 Å². The van der Waals surface area contributed by atoms with Crippen molar-refractivity contribution in [3.8, 4) is 11.5 Å². The van der Waals surface area contributed by atoms with E-state index in [0.29, 0.717) is 25.4 Å². The summed E-state index contributed by atoms with van der Waals surface area (Å²) in [6, 6.07) is 12.3. The molecular weight excluding hydrogens is 338 g/mol. The molecule has 0 bridgehead atoms. The van der Waals surface area contributed by atoms with Gasteiger partial charge in [-0.15, -0.1) is 0 Å². The minimum Gasteiger partial charge on any atom is -0.493 e. The summed E-state index contributed by atoms with van der Waals surface area (Å²) >= 11 is 0. The van der Waals surface area contributed by atoms with Gasteiger partial charge in [-0.25, -0.2) is 0 Å². The van der Waals surface area contributed by atoms with Crippen molar-refractivity contribution in [1.29, 1.82) is 0 Å². The van der Waals surface area contributed by atoms with Gasteiger partial charge in [-0.1, -0.05) is 19.1 Å². The van der Waals surface area contributed by atoms with Crippen molar-refractivity contribution in [2.45, 2.75) is 52.4 Å². The molecule has 0 saturated heterocycles. The number of anilines is 1. The van der Waals surface area contributed by atoms with Gasteiger partial charge in [0.25, 0.3) is 0 Å². The molecule has 27 heavy (non-hydrogen) atoms. The van der Waals surface area contributed by atoms with E-state index in [-0.39, 0.29) is 5.91 Å². The van der Waals surface area contributed by atoms with Gasteiger partial charge in [0.15, 0.2) is 0 Å². The number of hydrogen-bond donors (Lipinski definition) is 1. The summed E-state index contributed by atoms with van der Waals surface area (Å²) in [5.41, 5.74) is 4.72. The van der Waals surface area contributed by atoms with E-state index in [4.69, 9.17) is 9.47 Å². The highest BCUT2D eigenvalue weighted by Crippen LogP contribution is 2.27. The fraction of sp³-hybridized carbons (Fsp3) is 0.435. The molecule has 0 unspecified atom stereocenters. The Bertz CT molecular complexity index is 785. The number of amides is 1. The first kappa shape index (κ1) is 19.3. The number of fused-ring (bicyclic) bond motifs is 1. The summed E-state index contributed by atoms with van der Waals surface area (Å²) in [5.74, 6) is 1.67. The normalized spacial score (nSPS) is 12.5. The van der Waals surface area contributed by atoms with E-state index in [1.54, 1.807) is 0 Å². The maximum absolute atomic E-state index is 11.9. The van der Waals surface area contributed by atoms with E-state index in [2.05, 4.69) is 23.5 Å². The van der Waals surface area contributed by atoms with Gasteiger partial charge in [-0.2, -0.15) is 0 Å². The minimum absolute atomic E-state index is 0.0212. The van der Waals surface area contributed by atoms with E-state index in [9.17, 15) is 4.79 Å². The summed E-state index contributed by atoms with van der Waals surface area (Å²) in [5, 5.41) is 2.95. The molecule has 1 amide bonds. The van der Waals surface area contributed by atoms with E-state index < -0.39 is 0 Å². The fourth-order valence-electron chi connectivity index (χ4n) is 3.38. The lowest BCUT2D eigenvalue weighted by molar-refractivity contribution is -0.116. The quantitative estimate of drug-likeness (QED) is 0.630. The summed E-state index contributed by atoms with van der Waals surface area (Å²) in [4.78, 5) is 11.9. The van der Waals surface area contributed by atoms with Crippen LogP contribution in [-0.2, 0) is 17.6 Å². The molecule has 0 spiro atoms. The number of ether oxygens (including phenoxy) is 2. The Hall–Kier alpha value is -2.49. The molecule has 3 rings (SSSR count). The van der Waals surface area contributed by atoms with Crippen molar-refractivity contribution in [3.05, 3.63) is 53.1 Å². The molecule has 2 aromatic carbocycles. The maximum atomic E-state index is 11.9. The van der Waals surface area contributed by atoms with Crippen LogP contribution in [-0.4, -0.2) is 19.1 Å². The Morgan fingerprint density at radius 2 is 1.85 bits per heavy atom. The van der Waals surface area contributed by atoms with Crippen LogP contribution in [0.25, 0.3) is 0 Å². The average molecular weight is 367 g/mol. The monoisotopic (exact) mass is 367 g/mol. The van der Waals surface area contributed by atoms with Crippen LogP contribution in [0, 0.1) is 6.92 Å². The van der Waals surface area contributed by atoms with E-state index in [0.717, 1.165) is 36.3 Å². The number of rotatable bonds is 9. The Balaban J connectivity index is 1.46. The number of hydrogen-bond acceptors (Lipinski definition) is 3. The number of aryl methyl sites for hydroxylation is 3. The van der Waals surface area contributed by atoms with Crippen LogP contribution in [0.3, 0.4) is 0 Å². The topological polar surface area (TPSA) is 47.6 Å². The predicted octanol–water partition coefficient (Wildman–Crippen LogP) is 5.07. The highest BCUT2D eigenvalue weighted by Gasteiger charge is 2.11. The lowest BCUT2D eigenvalue weighted by Gasteiger charge is -2.14. The number of nitrogens with one attached hydrogen (secondary N) is 1. The predicted molar refractivity (Wildman–Crippen MR) is 109 cm³/mol. The van der Waals surface area contributed by atoms with Crippen molar-refractivity contribution < 1.29 is 14.3 Å². The molecule has 0 atom stereocenters. The van der Waals surface area contributed by atoms with Crippen molar-refractivity contribution in [2.75, 3.05) is 18.5 Å². The molecule has 0 fully saturated rings. The average Bonchev–Trinajstić information content (AvgIpc) is 3.11. The van der Waals surface area contributed by atoms with E-state index >= 15 is 0 Å². The standard InChI is InChI=1S/C23H29NO3/c1-3-6-23(25)24-21-15-17(2)9-12-22(21)27-14-5-13-26-20-11-10-18-7-4-8-19(18)16-20/h9-12,15-16H,3-8,13-14H2,1-2H3,(H,24,25). The second-order valence-electron chi connectivity index (χ2n) is 7.13. The fourth-order valence-corrected chi connectivity index (χ4v) is 3.38. The molecule has 0 heterocycles. The van der Waals surface area contributed by atoms with Gasteiger partial charge < -0.3 is 14.8 Å². The molecule has 4 nitrogen and oxygen atoms in total. The zero-order valence-electron chi connectivity index (χ0n) is 16.3. The summed E-state index contributed by atoms with van der Waals surface area (Å²) in [7, 11) is 0. The molecule has 1 aliphatic carbocycles. The van der Waals surface area contributed by atoms with Gasteiger partial charge in [-0.05, 0) is 73.6 Å². The lowest BCUT2D eigenvalue weighted by atomic mass is 10.1. The number of benzene rings is 2. The summed E-state index contributed by atoms with van der Waals surface area (Å²) in [6.45, 7) is 5.16. The third-order valence-electron chi connectivity index (χ3n) is 4.77. The van der Waals surface area contributed by atoms with Crippen molar-refractivity contribution >= 4 is 11.6 Å². The first-order chi connectivity index (χ1) is 13.2. The second kappa shape index (κ2) is 9.45. The van der Waals surface area contributed by atoms with Crippen LogP contribution in [0.15, 0.2) is 36.4 Å². The Labute approximate surface area is 161 Å². The van der Waals surface area contributed by atoms with Crippen LogP contribution in [0.1, 0.15) is 49.3 Å². The Morgan fingerprint density at radius 3 is 2.70 bits per heavy atom. The van der Waals surface area contributed by atoms with Crippen LogP contribution in [0.2, 0.25) is 0 Å². The van der Waals surface area contributed by atoms with Gasteiger partial charge in [0.2, 0.25) is 5.91 Å². The van der Waals surface area contributed by atoms with Gasteiger partial charge in [-0.3, -0.25) is 4.79 Å². The molecule has 1 aliphatic rings. The molecule has 0 aromatic heterocycles. The van der Waals surface area contributed by atoms with Crippen LogP contribution in [0.5, 0.6) is 11.5 Å². The minimum atomic E-state index is 0.0212. The molecular formula is C23H29NO3. The van der Waals surface area contributed by atoms with E-state index in [1.165, 1.54) is 24.0 Å². The molecule has 0 aliphatic heterocycles. The van der Waals surface area contributed by atoms with Crippen molar-refractivity contribution in [3.63, 3.8) is 0 Å². The van der Waals surface area contributed by atoms with Crippen LogP contribution in [0.4, 0.5) is 5.69 Å². The van der Waals surface area contributed by atoms with Crippen molar-refractivity contribution in [1.82, 2.24) is 0 Å². The smallest absolute Gasteiger partial charge is 0.224 e. The number of carbonyl (C=O) groups is 1. The van der Waals surface area contributed by atoms with Crippen LogP contribution < -0.4 is 14.8 Å². The Kier molecular flexibility index (Phi) is 6.74. The molecule has 0 radical (unpaired) electrons. The maximum Gasteiger partial charge on any atom is 0.224 e. The lowest BCUT2D eigenvalue weighted by Crippen LogP contribution is -2.13. The van der Waals surface area contributed by atoms with Gasteiger partial charge in [0.1, 0.15) is 11.5 Å². The first-order valence-electron chi connectivity index (χ1n) is 9.93. The zero-order chi connectivity index (χ0) is 19.1. The highest BCUT2D eigenvalue weighted by atomic mass is 16.5. The number of carbonyl (C=O) groups excluding carboxylic acids is 1. The first-order valence-corrected chi connectivity index (χ1v) is 9.93. The molecule has 2 aromatic rings. The molecule has 0 saturated carbocycles. The third-order valence-corrected chi connectivity index (χ3v) is 4.77. The zero-order valence-corrected chi connectivity index (χ0v) is 16.3. The second-order valence-corrected chi connectivity index (χ2v) is 7.13. The molecule has 1 N–H and O–H groups in total. The Morgan fingerprint density at radius 1 is 1.04 bits per heavy atom. The SMILES string of the molecule is CCCC(=O)Nc1cc(C)ccc1OCCCOc1ccc2c(c1)CCC2. The summed E-state index contributed by atoms with van der Waals surface area (Å²) in [6.07, 6.45) is 5.73.